The molecule has 166 valence electrons. The molecule has 0 aliphatic heterocycles. The quantitative estimate of drug-likeness (QED) is 0.220. The minimum atomic E-state index is -3.13. The summed E-state index contributed by atoms with van der Waals surface area (Å²) >= 11 is 0. The lowest BCUT2D eigenvalue weighted by Crippen LogP contribution is -2.40. The molecule has 0 radical (unpaired) electrons. The second-order valence-electron chi connectivity index (χ2n) is 7.72. The van der Waals surface area contributed by atoms with E-state index < -0.39 is 9.84 Å². The number of hydrogen-bond donors (Lipinski definition) is 2. The second-order valence-corrected chi connectivity index (χ2v) is 9.73. The molecule has 0 unspecified atom stereocenters. The fourth-order valence-corrected chi connectivity index (χ4v) is 4.32. The van der Waals surface area contributed by atoms with Crippen molar-refractivity contribution < 1.29 is 8.42 Å². The van der Waals surface area contributed by atoms with E-state index in [-0.39, 0.29) is 24.0 Å². The predicted molar refractivity (Wildman–Crippen MR) is 132 cm³/mol. The summed E-state index contributed by atoms with van der Waals surface area (Å²) in [6.45, 7) is 2.76. The zero-order chi connectivity index (χ0) is 20.4. The lowest BCUT2D eigenvalue weighted by Gasteiger charge is -2.31. The molecular formula is C21H37IN4O2S. The lowest BCUT2D eigenvalue weighted by atomic mass is 9.94. The van der Waals surface area contributed by atoms with Gasteiger partial charge in [-0.25, -0.2) is 8.42 Å². The van der Waals surface area contributed by atoms with Gasteiger partial charge in [0.25, 0.3) is 0 Å². The summed E-state index contributed by atoms with van der Waals surface area (Å²) in [5, 5.41) is 6.70. The van der Waals surface area contributed by atoms with E-state index in [2.05, 4.69) is 27.6 Å². The van der Waals surface area contributed by atoms with Crippen LogP contribution in [0.2, 0.25) is 0 Å². The van der Waals surface area contributed by atoms with Crippen LogP contribution in [0.25, 0.3) is 0 Å². The van der Waals surface area contributed by atoms with Gasteiger partial charge in [0.15, 0.2) is 15.8 Å². The maximum atomic E-state index is 11.5. The monoisotopic (exact) mass is 536 g/mol. The molecule has 2 N–H and O–H groups in total. The standard InChI is InChI=1S/C21H36N4O2S.HI/c1-22-21(23-15-7-17-25(2)19-8-5-4-6-9-19)24-16-14-18-10-12-20(13-11-18)28(3,26)27;/h10-13,19H,4-9,14-17H2,1-3H3,(H2,22,23,24);1H. The first-order valence-corrected chi connectivity index (χ1v) is 12.2. The summed E-state index contributed by atoms with van der Waals surface area (Å²) < 4.78 is 23.0. The van der Waals surface area contributed by atoms with Crippen molar-refractivity contribution in [1.82, 2.24) is 15.5 Å². The summed E-state index contributed by atoms with van der Waals surface area (Å²) in [6, 6.07) is 7.84. The first-order chi connectivity index (χ1) is 13.4. The molecule has 0 bridgehead atoms. The van der Waals surface area contributed by atoms with E-state index in [1.54, 1.807) is 19.2 Å². The lowest BCUT2D eigenvalue weighted by molar-refractivity contribution is 0.190. The molecule has 0 saturated heterocycles. The summed E-state index contributed by atoms with van der Waals surface area (Å²) in [4.78, 5) is 7.15. The van der Waals surface area contributed by atoms with Crippen LogP contribution in [-0.2, 0) is 16.3 Å². The van der Waals surface area contributed by atoms with Gasteiger partial charge in [0.05, 0.1) is 4.90 Å². The highest BCUT2D eigenvalue weighted by Crippen LogP contribution is 2.21. The normalized spacial score (nSPS) is 15.8. The number of rotatable bonds is 9. The predicted octanol–water partition coefficient (Wildman–Crippen LogP) is 3.07. The van der Waals surface area contributed by atoms with E-state index in [9.17, 15) is 8.42 Å². The van der Waals surface area contributed by atoms with Crippen molar-refractivity contribution in [2.24, 2.45) is 4.99 Å². The van der Waals surface area contributed by atoms with Crippen LogP contribution >= 0.6 is 24.0 Å². The maximum absolute atomic E-state index is 11.5. The number of hydrogen-bond acceptors (Lipinski definition) is 4. The molecule has 2 rings (SSSR count). The van der Waals surface area contributed by atoms with E-state index >= 15 is 0 Å². The Labute approximate surface area is 193 Å². The molecule has 1 saturated carbocycles. The highest BCUT2D eigenvalue weighted by molar-refractivity contribution is 14.0. The van der Waals surface area contributed by atoms with Crippen molar-refractivity contribution in [3.63, 3.8) is 0 Å². The molecule has 29 heavy (non-hydrogen) atoms. The average Bonchev–Trinajstić information content (AvgIpc) is 2.70. The highest BCUT2D eigenvalue weighted by atomic mass is 127. The van der Waals surface area contributed by atoms with Crippen LogP contribution in [0.15, 0.2) is 34.2 Å². The Bertz CT molecular complexity index is 717. The van der Waals surface area contributed by atoms with Gasteiger partial charge in [-0.1, -0.05) is 31.4 Å². The Balaban J connectivity index is 0.00000420. The molecular weight excluding hydrogens is 499 g/mol. The van der Waals surface area contributed by atoms with Gasteiger partial charge in [-0.15, -0.1) is 24.0 Å². The minimum Gasteiger partial charge on any atom is -0.356 e. The molecule has 0 atom stereocenters. The molecule has 6 nitrogen and oxygen atoms in total. The van der Waals surface area contributed by atoms with Gasteiger partial charge in [-0.3, -0.25) is 4.99 Å². The van der Waals surface area contributed by atoms with Crippen LogP contribution in [0.3, 0.4) is 0 Å². The van der Waals surface area contributed by atoms with Gasteiger partial charge in [0, 0.05) is 32.4 Å². The zero-order valence-corrected chi connectivity index (χ0v) is 21.1. The Hall–Kier alpha value is -0.870. The molecule has 1 fully saturated rings. The number of aliphatic imine (C=N–C) groups is 1. The Morgan fingerprint density at radius 3 is 2.31 bits per heavy atom. The van der Waals surface area contributed by atoms with Gasteiger partial charge in [-0.2, -0.15) is 0 Å². The van der Waals surface area contributed by atoms with Crippen molar-refractivity contribution in [1.29, 1.82) is 0 Å². The number of sulfone groups is 1. The Kier molecular flexibility index (Phi) is 12.1. The van der Waals surface area contributed by atoms with Crippen molar-refractivity contribution in [3.05, 3.63) is 29.8 Å². The molecule has 8 heteroatoms. The van der Waals surface area contributed by atoms with Crippen LogP contribution in [0, 0.1) is 0 Å². The molecule has 1 aliphatic rings. The van der Waals surface area contributed by atoms with Crippen molar-refractivity contribution >= 4 is 39.8 Å². The van der Waals surface area contributed by atoms with E-state index in [0.29, 0.717) is 4.90 Å². The molecule has 1 aromatic rings. The molecule has 1 aliphatic carbocycles. The summed E-state index contributed by atoms with van der Waals surface area (Å²) in [7, 11) is 0.898. The summed E-state index contributed by atoms with van der Waals surface area (Å²) in [5.74, 6) is 0.813. The molecule has 0 aromatic heterocycles. The van der Waals surface area contributed by atoms with Gasteiger partial charge >= 0.3 is 0 Å². The summed E-state index contributed by atoms with van der Waals surface area (Å²) in [6.07, 6.45) is 9.98. The zero-order valence-electron chi connectivity index (χ0n) is 18.0. The van der Waals surface area contributed by atoms with Gasteiger partial charge in [-0.05, 0) is 57.0 Å². The third-order valence-electron chi connectivity index (χ3n) is 5.46. The van der Waals surface area contributed by atoms with E-state index in [1.165, 1.54) is 38.4 Å². The highest BCUT2D eigenvalue weighted by Gasteiger charge is 2.17. The molecule has 0 amide bonds. The maximum Gasteiger partial charge on any atom is 0.190 e. The van der Waals surface area contributed by atoms with E-state index in [0.717, 1.165) is 50.0 Å². The number of nitrogens with one attached hydrogen (secondary N) is 2. The topological polar surface area (TPSA) is 73.8 Å². The van der Waals surface area contributed by atoms with Crippen LogP contribution in [0.4, 0.5) is 0 Å². The van der Waals surface area contributed by atoms with Crippen molar-refractivity contribution in [2.45, 2.75) is 55.9 Å². The second kappa shape index (κ2) is 13.4. The average molecular weight is 537 g/mol. The van der Waals surface area contributed by atoms with E-state index in [1.807, 2.05) is 12.1 Å². The van der Waals surface area contributed by atoms with Crippen LogP contribution in [-0.4, -0.2) is 65.3 Å². The largest absolute Gasteiger partial charge is 0.356 e. The number of benzene rings is 1. The van der Waals surface area contributed by atoms with Crippen LogP contribution < -0.4 is 10.6 Å². The fourth-order valence-electron chi connectivity index (χ4n) is 3.69. The molecule has 1 aromatic carbocycles. The first-order valence-electron chi connectivity index (χ1n) is 10.3. The fraction of sp³-hybridized carbons (Fsp3) is 0.667. The number of nitrogens with zero attached hydrogens (tertiary/aromatic N) is 2. The van der Waals surface area contributed by atoms with Gasteiger partial charge < -0.3 is 15.5 Å². The molecule has 0 spiro atoms. The van der Waals surface area contributed by atoms with Gasteiger partial charge in [0.2, 0.25) is 0 Å². The van der Waals surface area contributed by atoms with Crippen LogP contribution in [0.5, 0.6) is 0 Å². The number of halogens is 1. The van der Waals surface area contributed by atoms with Crippen LogP contribution in [0.1, 0.15) is 44.1 Å². The smallest absolute Gasteiger partial charge is 0.190 e. The Morgan fingerprint density at radius 1 is 1.10 bits per heavy atom. The SMILES string of the molecule is CN=C(NCCCN(C)C1CCCCC1)NCCc1ccc(S(C)(=O)=O)cc1.I. The van der Waals surface area contributed by atoms with Crippen molar-refractivity contribution in [3.8, 4) is 0 Å². The third kappa shape index (κ3) is 9.65. The first kappa shape index (κ1) is 26.2. The van der Waals surface area contributed by atoms with Gasteiger partial charge in [0.1, 0.15) is 0 Å². The minimum absolute atomic E-state index is 0. The molecule has 0 heterocycles. The third-order valence-corrected chi connectivity index (χ3v) is 6.59. The number of guanidine groups is 1. The van der Waals surface area contributed by atoms with E-state index in [4.69, 9.17) is 0 Å². The van der Waals surface area contributed by atoms with Crippen molar-refractivity contribution in [2.75, 3.05) is 40.0 Å². The Morgan fingerprint density at radius 2 is 1.72 bits per heavy atom. The summed E-state index contributed by atoms with van der Waals surface area (Å²) in [5.41, 5.74) is 1.10.